The topological polar surface area (TPSA) is 90.6 Å². The lowest BCUT2D eigenvalue weighted by molar-refractivity contribution is -0.145. The van der Waals surface area contributed by atoms with Crippen LogP contribution in [0.3, 0.4) is 0 Å². The third-order valence-corrected chi connectivity index (χ3v) is 2.71. The highest BCUT2D eigenvalue weighted by molar-refractivity contribution is 5.87. The average molecular weight is 274 g/mol. The Kier molecular flexibility index (Phi) is 9.16. The monoisotopic (exact) mass is 274 g/mol. The minimum absolute atomic E-state index is 0.272. The Labute approximate surface area is 115 Å². The standard InChI is InChI=1S/C13H26N2O4/c1-9(2)8-11(13(17)19-4)15-12(16)10(14)6-5-7-18-3/h9-11H,5-8,14H2,1-4H3,(H,15,16). The third kappa shape index (κ3) is 7.79. The van der Waals surface area contributed by atoms with Crippen molar-refractivity contribution in [1.29, 1.82) is 0 Å². The first-order valence-corrected chi connectivity index (χ1v) is 6.55. The van der Waals surface area contributed by atoms with Crippen LogP contribution >= 0.6 is 0 Å². The van der Waals surface area contributed by atoms with E-state index in [4.69, 9.17) is 10.5 Å². The van der Waals surface area contributed by atoms with Gasteiger partial charge in [0.15, 0.2) is 0 Å². The number of esters is 1. The lowest BCUT2D eigenvalue weighted by atomic mass is 10.0. The van der Waals surface area contributed by atoms with Crippen molar-refractivity contribution in [3.63, 3.8) is 0 Å². The van der Waals surface area contributed by atoms with Gasteiger partial charge in [0, 0.05) is 13.7 Å². The van der Waals surface area contributed by atoms with Crippen LogP contribution in [0.15, 0.2) is 0 Å². The molecule has 0 saturated heterocycles. The number of carbonyl (C=O) groups is 2. The molecule has 2 unspecified atom stereocenters. The van der Waals surface area contributed by atoms with E-state index in [1.165, 1.54) is 7.11 Å². The second kappa shape index (κ2) is 9.75. The van der Waals surface area contributed by atoms with Crippen molar-refractivity contribution in [2.45, 2.75) is 45.2 Å². The lowest BCUT2D eigenvalue weighted by Crippen LogP contribution is -2.49. The molecule has 2 atom stereocenters. The Bertz CT molecular complexity index is 282. The summed E-state index contributed by atoms with van der Waals surface area (Å²) in [4.78, 5) is 23.4. The van der Waals surface area contributed by atoms with E-state index in [1.807, 2.05) is 13.8 Å². The maximum Gasteiger partial charge on any atom is 0.328 e. The molecule has 0 aromatic heterocycles. The number of hydrogen-bond donors (Lipinski definition) is 2. The number of carbonyl (C=O) groups excluding carboxylic acids is 2. The van der Waals surface area contributed by atoms with Crippen LogP contribution in [0.1, 0.15) is 33.1 Å². The highest BCUT2D eigenvalue weighted by Gasteiger charge is 2.24. The summed E-state index contributed by atoms with van der Waals surface area (Å²) in [7, 11) is 2.90. The van der Waals surface area contributed by atoms with E-state index in [9.17, 15) is 9.59 Å². The summed E-state index contributed by atoms with van der Waals surface area (Å²) in [5, 5.41) is 2.65. The Morgan fingerprint density at radius 1 is 1.26 bits per heavy atom. The fraction of sp³-hybridized carbons (Fsp3) is 0.846. The zero-order valence-corrected chi connectivity index (χ0v) is 12.3. The van der Waals surface area contributed by atoms with Gasteiger partial charge in [-0.3, -0.25) is 4.79 Å². The van der Waals surface area contributed by atoms with Gasteiger partial charge in [0.1, 0.15) is 6.04 Å². The van der Waals surface area contributed by atoms with Gasteiger partial charge in [-0.05, 0) is 25.2 Å². The molecule has 6 nitrogen and oxygen atoms in total. The minimum atomic E-state index is -0.633. The van der Waals surface area contributed by atoms with Gasteiger partial charge in [-0.25, -0.2) is 4.79 Å². The first kappa shape index (κ1) is 17.9. The molecule has 112 valence electrons. The first-order chi connectivity index (χ1) is 8.92. The van der Waals surface area contributed by atoms with Crippen LogP contribution in [0, 0.1) is 5.92 Å². The summed E-state index contributed by atoms with van der Waals surface area (Å²) in [5.41, 5.74) is 5.76. The predicted octanol–water partition coefficient (Wildman–Crippen LogP) is 0.444. The first-order valence-electron chi connectivity index (χ1n) is 6.55. The third-order valence-electron chi connectivity index (χ3n) is 2.71. The van der Waals surface area contributed by atoms with Crippen LogP contribution in [0.5, 0.6) is 0 Å². The van der Waals surface area contributed by atoms with Crippen molar-refractivity contribution in [2.75, 3.05) is 20.8 Å². The summed E-state index contributed by atoms with van der Waals surface area (Å²) >= 11 is 0. The molecule has 19 heavy (non-hydrogen) atoms. The molecular weight excluding hydrogens is 248 g/mol. The molecular formula is C13H26N2O4. The fourth-order valence-corrected chi connectivity index (χ4v) is 1.69. The SMILES string of the molecule is COCCCC(N)C(=O)NC(CC(C)C)C(=O)OC. The highest BCUT2D eigenvalue weighted by atomic mass is 16.5. The molecule has 0 aliphatic carbocycles. The summed E-state index contributed by atoms with van der Waals surface area (Å²) in [6.45, 7) is 4.51. The molecule has 0 saturated carbocycles. The van der Waals surface area contributed by atoms with Crippen molar-refractivity contribution in [3.05, 3.63) is 0 Å². The Morgan fingerprint density at radius 3 is 2.37 bits per heavy atom. The van der Waals surface area contributed by atoms with Crippen LogP contribution in [0.25, 0.3) is 0 Å². The minimum Gasteiger partial charge on any atom is -0.467 e. The zero-order chi connectivity index (χ0) is 14.8. The highest BCUT2D eigenvalue weighted by Crippen LogP contribution is 2.07. The van der Waals surface area contributed by atoms with Crippen LogP contribution < -0.4 is 11.1 Å². The van der Waals surface area contributed by atoms with E-state index in [-0.39, 0.29) is 11.8 Å². The van der Waals surface area contributed by atoms with Crippen molar-refractivity contribution < 1.29 is 19.1 Å². The molecule has 3 N–H and O–H groups in total. The summed E-state index contributed by atoms with van der Waals surface area (Å²) in [6, 6.07) is -1.26. The van der Waals surface area contributed by atoms with Gasteiger partial charge < -0.3 is 20.5 Å². The van der Waals surface area contributed by atoms with Gasteiger partial charge in [-0.2, -0.15) is 0 Å². The van der Waals surface area contributed by atoms with Crippen molar-refractivity contribution in [2.24, 2.45) is 11.7 Å². The van der Waals surface area contributed by atoms with Gasteiger partial charge in [-0.15, -0.1) is 0 Å². The maximum absolute atomic E-state index is 11.9. The predicted molar refractivity (Wildman–Crippen MR) is 72.5 cm³/mol. The van der Waals surface area contributed by atoms with E-state index < -0.39 is 18.1 Å². The number of nitrogens with two attached hydrogens (primary N) is 1. The van der Waals surface area contributed by atoms with Crippen LogP contribution in [0.2, 0.25) is 0 Å². The number of methoxy groups -OCH3 is 2. The van der Waals surface area contributed by atoms with E-state index in [0.717, 1.165) is 0 Å². The number of amides is 1. The van der Waals surface area contributed by atoms with E-state index in [0.29, 0.717) is 25.9 Å². The quantitative estimate of drug-likeness (QED) is 0.470. The number of rotatable bonds is 9. The van der Waals surface area contributed by atoms with Crippen LogP contribution in [0.4, 0.5) is 0 Å². The van der Waals surface area contributed by atoms with Crippen molar-refractivity contribution in [1.82, 2.24) is 5.32 Å². The molecule has 0 spiro atoms. The number of ether oxygens (including phenoxy) is 2. The second-order valence-electron chi connectivity index (χ2n) is 4.96. The Morgan fingerprint density at radius 2 is 1.89 bits per heavy atom. The van der Waals surface area contributed by atoms with E-state index in [2.05, 4.69) is 10.1 Å². The van der Waals surface area contributed by atoms with Gasteiger partial charge in [0.05, 0.1) is 13.2 Å². The Hall–Kier alpha value is -1.14. The molecule has 0 fully saturated rings. The summed E-state index contributed by atoms with van der Waals surface area (Å²) in [6.07, 6.45) is 1.76. The number of hydrogen-bond acceptors (Lipinski definition) is 5. The lowest BCUT2D eigenvalue weighted by Gasteiger charge is -2.20. The van der Waals surface area contributed by atoms with E-state index >= 15 is 0 Å². The molecule has 0 rings (SSSR count). The second-order valence-corrected chi connectivity index (χ2v) is 4.96. The molecule has 0 heterocycles. The Balaban J connectivity index is 4.32. The smallest absolute Gasteiger partial charge is 0.328 e. The molecule has 0 aliphatic rings. The van der Waals surface area contributed by atoms with Gasteiger partial charge in [0.2, 0.25) is 5.91 Å². The molecule has 1 amide bonds. The molecule has 0 aromatic rings. The summed E-state index contributed by atoms with van der Waals surface area (Å²) < 4.78 is 9.58. The van der Waals surface area contributed by atoms with Crippen molar-refractivity contribution >= 4 is 11.9 Å². The molecule has 0 aromatic carbocycles. The van der Waals surface area contributed by atoms with Crippen molar-refractivity contribution in [3.8, 4) is 0 Å². The molecule has 6 heteroatoms. The van der Waals surface area contributed by atoms with Gasteiger partial charge >= 0.3 is 5.97 Å². The van der Waals surface area contributed by atoms with E-state index in [1.54, 1.807) is 7.11 Å². The van der Waals surface area contributed by atoms with Crippen LogP contribution in [-0.4, -0.2) is 44.8 Å². The maximum atomic E-state index is 11.9. The normalized spacial score (nSPS) is 14.0. The molecule has 0 aliphatic heterocycles. The average Bonchev–Trinajstić information content (AvgIpc) is 2.36. The van der Waals surface area contributed by atoms with Gasteiger partial charge in [-0.1, -0.05) is 13.8 Å². The van der Waals surface area contributed by atoms with Gasteiger partial charge in [0.25, 0.3) is 0 Å². The van der Waals surface area contributed by atoms with Crippen LogP contribution in [-0.2, 0) is 19.1 Å². The largest absolute Gasteiger partial charge is 0.467 e. The molecule has 0 radical (unpaired) electrons. The molecule has 0 bridgehead atoms. The zero-order valence-electron chi connectivity index (χ0n) is 12.3. The fourth-order valence-electron chi connectivity index (χ4n) is 1.69. The summed E-state index contributed by atoms with van der Waals surface area (Å²) in [5.74, 6) is -0.493. The number of nitrogens with one attached hydrogen (secondary N) is 1.